The van der Waals surface area contributed by atoms with Gasteiger partial charge >= 0.3 is 0 Å². The number of aliphatic imine (C=N–C) groups is 1. The zero-order valence-corrected chi connectivity index (χ0v) is 8.53. The number of rotatable bonds is 2. The maximum Gasteiger partial charge on any atom is 0.189 e. The minimum absolute atomic E-state index is 0.378. The van der Waals surface area contributed by atoms with E-state index in [2.05, 4.69) is 24.2 Å². The Morgan fingerprint density at radius 1 is 1.67 bits per heavy atom. The van der Waals surface area contributed by atoms with Crippen LogP contribution in [0.15, 0.2) is 4.99 Å². The van der Waals surface area contributed by atoms with Gasteiger partial charge in [-0.1, -0.05) is 0 Å². The highest BCUT2D eigenvalue weighted by molar-refractivity contribution is 7.99. The predicted molar refractivity (Wildman–Crippen MR) is 55.6 cm³/mol. The molecule has 4 heteroatoms. The van der Waals surface area contributed by atoms with Crippen LogP contribution in [0.3, 0.4) is 0 Å². The van der Waals surface area contributed by atoms with Gasteiger partial charge in [0.25, 0.3) is 0 Å². The molecule has 1 aliphatic rings. The third-order valence-corrected chi connectivity index (χ3v) is 2.81. The van der Waals surface area contributed by atoms with E-state index in [0.717, 1.165) is 5.75 Å². The van der Waals surface area contributed by atoms with E-state index in [1.807, 2.05) is 11.8 Å². The summed E-state index contributed by atoms with van der Waals surface area (Å²) in [4.78, 5) is 4.38. The molecule has 0 aliphatic carbocycles. The molecule has 12 heavy (non-hydrogen) atoms. The van der Waals surface area contributed by atoms with Crippen LogP contribution in [0.5, 0.6) is 0 Å². The van der Waals surface area contributed by atoms with E-state index in [-0.39, 0.29) is 0 Å². The Bertz CT molecular complexity index is 162. The fraction of sp³-hybridized carbons (Fsp3) is 0.875. The second kappa shape index (κ2) is 4.60. The van der Waals surface area contributed by atoms with Crippen molar-refractivity contribution in [3.8, 4) is 0 Å². The largest absolute Gasteiger partial charge is 0.370 e. The number of thioether (sulfide) groups is 1. The lowest BCUT2D eigenvalue weighted by Crippen LogP contribution is -2.37. The maximum absolute atomic E-state index is 5.68. The molecule has 0 amide bonds. The minimum atomic E-state index is 0.378. The van der Waals surface area contributed by atoms with Crippen LogP contribution in [0.25, 0.3) is 0 Å². The first-order chi connectivity index (χ1) is 5.68. The molecule has 0 bridgehead atoms. The van der Waals surface area contributed by atoms with Crippen molar-refractivity contribution in [2.75, 3.05) is 11.5 Å². The van der Waals surface area contributed by atoms with Gasteiger partial charge < -0.3 is 11.1 Å². The molecule has 1 atom stereocenters. The number of hydrogen-bond donors (Lipinski definition) is 2. The normalized spacial score (nSPS) is 24.9. The predicted octanol–water partition coefficient (Wildman–Crippen LogP) is 0.805. The Morgan fingerprint density at radius 3 is 2.92 bits per heavy atom. The highest BCUT2D eigenvalue weighted by atomic mass is 32.2. The van der Waals surface area contributed by atoms with E-state index in [4.69, 9.17) is 5.73 Å². The second-order valence-corrected chi connectivity index (χ2v) is 4.48. The quantitative estimate of drug-likeness (QED) is 0.497. The van der Waals surface area contributed by atoms with Crippen LogP contribution in [-0.2, 0) is 0 Å². The average molecular weight is 187 g/mol. The van der Waals surface area contributed by atoms with Crippen molar-refractivity contribution >= 4 is 17.7 Å². The summed E-state index contributed by atoms with van der Waals surface area (Å²) in [5.74, 6) is 2.95. The summed E-state index contributed by atoms with van der Waals surface area (Å²) in [6.07, 6.45) is 1.17. The van der Waals surface area contributed by atoms with Gasteiger partial charge in [-0.15, -0.1) is 0 Å². The maximum atomic E-state index is 5.68. The lowest BCUT2D eigenvalue weighted by atomic mass is 10.3. The van der Waals surface area contributed by atoms with Crippen molar-refractivity contribution in [1.82, 2.24) is 5.32 Å². The van der Waals surface area contributed by atoms with Crippen LogP contribution < -0.4 is 11.1 Å². The molecule has 0 radical (unpaired) electrons. The van der Waals surface area contributed by atoms with E-state index >= 15 is 0 Å². The molecule has 1 heterocycles. The van der Waals surface area contributed by atoms with Gasteiger partial charge in [0.2, 0.25) is 0 Å². The zero-order chi connectivity index (χ0) is 8.97. The lowest BCUT2D eigenvalue weighted by molar-refractivity contribution is 0.701. The van der Waals surface area contributed by atoms with Gasteiger partial charge in [0.05, 0.1) is 6.04 Å². The highest BCUT2D eigenvalue weighted by Crippen LogP contribution is 2.19. The standard InChI is InChI=1S/C8H17N3S/c1-6(2)10-8(9)11-7-3-4-12-5-7/h6-7H,3-5H2,1-2H3,(H3,9,10,11). The Kier molecular flexibility index (Phi) is 3.72. The summed E-state index contributed by atoms with van der Waals surface area (Å²) in [5.41, 5.74) is 5.68. The van der Waals surface area contributed by atoms with E-state index in [1.165, 1.54) is 12.2 Å². The molecule has 0 spiro atoms. The summed E-state index contributed by atoms with van der Waals surface area (Å²) in [7, 11) is 0. The first-order valence-electron chi connectivity index (χ1n) is 4.36. The number of nitrogens with two attached hydrogens (primary N) is 1. The third kappa shape index (κ3) is 3.34. The van der Waals surface area contributed by atoms with Crippen molar-refractivity contribution in [1.29, 1.82) is 0 Å². The molecular formula is C8H17N3S. The van der Waals surface area contributed by atoms with Crippen LogP contribution in [0, 0.1) is 0 Å². The van der Waals surface area contributed by atoms with Gasteiger partial charge in [-0.2, -0.15) is 11.8 Å². The van der Waals surface area contributed by atoms with Crippen molar-refractivity contribution in [3.63, 3.8) is 0 Å². The highest BCUT2D eigenvalue weighted by Gasteiger charge is 2.14. The van der Waals surface area contributed by atoms with Crippen molar-refractivity contribution in [2.24, 2.45) is 10.7 Å². The first kappa shape index (κ1) is 9.71. The Balaban J connectivity index is 2.33. The Labute approximate surface area is 78.2 Å². The molecule has 1 aliphatic heterocycles. The van der Waals surface area contributed by atoms with Crippen molar-refractivity contribution in [3.05, 3.63) is 0 Å². The summed E-state index contributed by atoms with van der Waals surface area (Å²) >= 11 is 1.95. The lowest BCUT2D eigenvalue weighted by Gasteiger charge is -2.10. The molecule has 1 rings (SSSR count). The molecule has 0 aromatic rings. The first-order valence-corrected chi connectivity index (χ1v) is 5.51. The van der Waals surface area contributed by atoms with E-state index in [1.54, 1.807) is 0 Å². The van der Waals surface area contributed by atoms with Gasteiger partial charge in [-0.25, -0.2) is 4.99 Å². The molecule has 1 unspecified atom stereocenters. The van der Waals surface area contributed by atoms with Crippen LogP contribution in [0.1, 0.15) is 20.3 Å². The van der Waals surface area contributed by atoms with Gasteiger partial charge in [-0.05, 0) is 26.0 Å². The Morgan fingerprint density at radius 2 is 2.42 bits per heavy atom. The molecule has 3 nitrogen and oxygen atoms in total. The number of nitrogens with one attached hydrogen (secondary N) is 1. The molecule has 3 N–H and O–H groups in total. The third-order valence-electron chi connectivity index (χ3n) is 1.66. The molecule has 70 valence electrons. The smallest absolute Gasteiger partial charge is 0.189 e. The second-order valence-electron chi connectivity index (χ2n) is 3.33. The fourth-order valence-corrected chi connectivity index (χ4v) is 2.27. The average Bonchev–Trinajstić information content (AvgIpc) is 2.37. The van der Waals surface area contributed by atoms with Gasteiger partial charge in [0.1, 0.15) is 0 Å². The van der Waals surface area contributed by atoms with Gasteiger partial charge in [-0.3, -0.25) is 0 Å². The van der Waals surface area contributed by atoms with E-state index in [9.17, 15) is 0 Å². The molecule has 0 aromatic carbocycles. The van der Waals surface area contributed by atoms with Gasteiger partial charge in [0, 0.05) is 11.8 Å². The molecular weight excluding hydrogens is 170 g/mol. The number of hydrogen-bond acceptors (Lipinski definition) is 2. The van der Waals surface area contributed by atoms with Crippen molar-refractivity contribution in [2.45, 2.75) is 32.4 Å². The zero-order valence-electron chi connectivity index (χ0n) is 7.71. The van der Waals surface area contributed by atoms with Gasteiger partial charge in [0.15, 0.2) is 5.96 Å². The van der Waals surface area contributed by atoms with Crippen molar-refractivity contribution < 1.29 is 0 Å². The SMILES string of the molecule is CC(C)NC(N)=NC1CCSC1. The van der Waals surface area contributed by atoms with Crippen LogP contribution in [0.2, 0.25) is 0 Å². The monoisotopic (exact) mass is 187 g/mol. The molecule has 0 saturated carbocycles. The molecule has 0 aromatic heterocycles. The van der Waals surface area contributed by atoms with Crippen LogP contribution in [0.4, 0.5) is 0 Å². The molecule has 1 saturated heterocycles. The topological polar surface area (TPSA) is 50.4 Å². The summed E-state index contributed by atoms with van der Waals surface area (Å²) < 4.78 is 0. The summed E-state index contributed by atoms with van der Waals surface area (Å²) in [5, 5.41) is 3.09. The number of nitrogens with zero attached hydrogens (tertiary/aromatic N) is 1. The minimum Gasteiger partial charge on any atom is -0.370 e. The summed E-state index contributed by atoms with van der Waals surface area (Å²) in [6.45, 7) is 4.12. The Hall–Kier alpha value is -0.380. The van der Waals surface area contributed by atoms with Crippen LogP contribution >= 0.6 is 11.8 Å². The number of guanidine groups is 1. The molecule has 1 fully saturated rings. The fourth-order valence-electron chi connectivity index (χ4n) is 1.15. The van der Waals surface area contributed by atoms with E-state index in [0.29, 0.717) is 18.0 Å². The van der Waals surface area contributed by atoms with E-state index < -0.39 is 0 Å². The van der Waals surface area contributed by atoms with Crippen LogP contribution in [-0.4, -0.2) is 29.5 Å². The summed E-state index contributed by atoms with van der Waals surface area (Å²) in [6, 6.07) is 0.823.